The topological polar surface area (TPSA) is 50.1 Å². The fourth-order valence-electron chi connectivity index (χ4n) is 0.763. The van der Waals surface area contributed by atoms with E-state index in [-0.39, 0.29) is 5.97 Å². The molecule has 0 aliphatic heterocycles. The fraction of sp³-hybridized carbons (Fsp3) is 0.143. The predicted molar refractivity (Wildman–Crippen MR) is 104 cm³/mol. The second kappa shape index (κ2) is 19.9. The molecule has 0 atom stereocenters. The normalized spacial score (nSPS) is 7.08. The first-order valence-electron chi connectivity index (χ1n) is 7.00. The summed E-state index contributed by atoms with van der Waals surface area (Å²) in [5.74, 6) is -0.347. The van der Waals surface area contributed by atoms with Crippen molar-refractivity contribution in [3.8, 4) is 6.07 Å². The van der Waals surface area contributed by atoms with E-state index in [1.807, 2.05) is 42.5 Å². The Morgan fingerprint density at radius 1 is 1.08 bits per heavy atom. The van der Waals surface area contributed by atoms with Gasteiger partial charge in [0.05, 0.1) is 13.2 Å². The Hall–Kier alpha value is -3.12. The molecule has 1 aromatic carbocycles. The number of ether oxygens (including phenoxy) is 1. The first kappa shape index (κ1) is 25.8. The van der Waals surface area contributed by atoms with Crippen LogP contribution in [0.25, 0.3) is 6.08 Å². The van der Waals surface area contributed by atoms with Crippen LogP contribution in [-0.2, 0) is 9.53 Å². The van der Waals surface area contributed by atoms with Crippen molar-refractivity contribution >= 4 is 12.0 Å². The lowest BCUT2D eigenvalue weighted by atomic mass is 10.2. The maximum absolute atomic E-state index is 10.2. The van der Waals surface area contributed by atoms with E-state index in [0.29, 0.717) is 11.1 Å². The zero-order valence-corrected chi connectivity index (χ0v) is 14.9. The highest BCUT2D eigenvalue weighted by Crippen LogP contribution is 1.97. The minimum absolute atomic E-state index is 0.347. The zero-order chi connectivity index (χ0) is 19.4. The van der Waals surface area contributed by atoms with Gasteiger partial charge >= 0.3 is 5.97 Å². The highest BCUT2D eigenvalue weighted by Gasteiger charge is 1.95. The van der Waals surface area contributed by atoms with Crippen LogP contribution >= 0.6 is 0 Å². The van der Waals surface area contributed by atoms with Crippen molar-refractivity contribution in [2.24, 2.45) is 0 Å². The number of nitriles is 1. The summed E-state index contributed by atoms with van der Waals surface area (Å²) in [5, 5.41) is 7.79. The molecule has 3 heteroatoms. The quantitative estimate of drug-likeness (QED) is 0.319. The molecular weight excluding hydrogens is 298 g/mol. The van der Waals surface area contributed by atoms with Gasteiger partial charge in [0, 0.05) is 11.1 Å². The van der Waals surface area contributed by atoms with Gasteiger partial charge in [-0.2, -0.15) is 5.26 Å². The van der Waals surface area contributed by atoms with E-state index in [1.54, 1.807) is 26.0 Å². The van der Waals surface area contributed by atoms with E-state index in [2.05, 4.69) is 37.6 Å². The van der Waals surface area contributed by atoms with Crippen molar-refractivity contribution < 1.29 is 9.53 Å². The number of carbonyl (C=O) groups is 1. The molecule has 3 nitrogen and oxygen atoms in total. The SMILES string of the molecule is C=C(C)C#N.C=C(C)C(=O)OC.C=CC=C.C=Cc1ccccc1. The van der Waals surface area contributed by atoms with Crippen molar-refractivity contribution in [3.05, 3.63) is 92.1 Å². The predicted octanol–water partition coefficient (Wildman–Crippen LogP) is 5.51. The molecule has 0 aliphatic rings. The molecule has 0 N–H and O–H groups in total. The van der Waals surface area contributed by atoms with Gasteiger partial charge in [-0.15, -0.1) is 0 Å². The zero-order valence-electron chi connectivity index (χ0n) is 14.9. The Morgan fingerprint density at radius 2 is 1.50 bits per heavy atom. The van der Waals surface area contributed by atoms with Crippen molar-refractivity contribution in [2.45, 2.75) is 13.8 Å². The molecule has 0 radical (unpaired) electrons. The van der Waals surface area contributed by atoms with Gasteiger partial charge in [0.2, 0.25) is 0 Å². The number of benzene rings is 1. The molecule has 0 fully saturated rings. The number of esters is 1. The lowest BCUT2D eigenvalue weighted by Crippen LogP contribution is -1.98. The minimum Gasteiger partial charge on any atom is -0.466 e. The highest BCUT2D eigenvalue weighted by molar-refractivity contribution is 5.86. The van der Waals surface area contributed by atoms with Crippen LogP contribution in [0.5, 0.6) is 0 Å². The number of nitrogens with zero attached hydrogens (tertiary/aromatic N) is 1. The summed E-state index contributed by atoms with van der Waals surface area (Å²) >= 11 is 0. The Bertz CT molecular complexity index is 557. The summed E-state index contributed by atoms with van der Waals surface area (Å²) in [6, 6.07) is 11.9. The maximum Gasteiger partial charge on any atom is 0.332 e. The molecular formula is C21H27NO2. The lowest BCUT2D eigenvalue weighted by molar-refractivity contribution is -0.136. The van der Waals surface area contributed by atoms with Crippen LogP contribution in [0.1, 0.15) is 19.4 Å². The first-order chi connectivity index (χ1) is 11.3. The van der Waals surface area contributed by atoms with Gasteiger partial charge in [-0.3, -0.25) is 0 Å². The second-order valence-electron chi connectivity index (χ2n) is 4.25. The van der Waals surface area contributed by atoms with Crippen LogP contribution in [-0.4, -0.2) is 13.1 Å². The summed E-state index contributed by atoms with van der Waals surface area (Å²) in [4.78, 5) is 10.2. The molecule has 0 saturated heterocycles. The number of rotatable bonds is 3. The van der Waals surface area contributed by atoms with Gasteiger partial charge in [0.25, 0.3) is 0 Å². The smallest absolute Gasteiger partial charge is 0.332 e. The van der Waals surface area contributed by atoms with E-state index in [9.17, 15) is 4.79 Å². The van der Waals surface area contributed by atoms with E-state index >= 15 is 0 Å². The van der Waals surface area contributed by atoms with Crippen LogP contribution in [0.4, 0.5) is 0 Å². The van der Waals surface area contributed by atoms with E-state index in [1.165, 1.54) is 12.7 Å². The highest BCUT2D eigenvalue weighted by atomic mass is 16.5. The van der Waals surface area contributed by atoms with E-state index < -0.39 is 0 Å². The van der Waals surface area contributed by atoms with Crippen LogP contribution in [0.3, 0.4) is 0 Å². The average Bonchev–Trinajstić information content (AvgIpc) is 2.62. The number of carbonyl (C=O) groups excluding carboxylic acids is 1. The monoisotopic (exact) mass is 325 g/mol. The van der Waals surface area contributed by atoms with Gasteiger partial charge in [-0.25, -0.2) is 4.79 Å². The molecule has 1 rings (SSSR count). The van der Waals surface area contributed by atoms with Crippen molar-refractivity contribution in [1.82, 2.24) is 0 Å². The molecule has 0 saturated carbocycles. The van der Waals surface area contributed by atoms with Gasteiger partial charge in [0.1, 0.15) is 0 Å². The minimum atomic E-state index is -0.347. The van der Waals surface area contributed by atoms with Crippen molar-refractivity contribution in [3.63, 3.8) is 0 Å². The van der Waals surface area contributed by atoms with Crippen LogP contribution in [0.2, 0.25) is 0 Å². The van der Waals surface area contributed by atoms with E-state index in [4.69, 9.17) is 5.26 Å². The number of hydrogen-bond donors (Lipinski definition) is 0. The van der Waals surface area contributed by atoms with Crippen LogP contribution in [0.15, 0.2) is 86.5 Å². The van der Waals surface area contributed by atoms with Crippen molar-refractivity contribution in [1.29, 1.82) is 5.26 Å². The number of methoxy groups -OCH3 is 1. The molecule has 0 heterocycles. The summed E-state index contributed by atoms with van der Waals surface area (Å²) in [7, 11) is 1.33. The number of allylic oxidation sites excluding steroid dienone is 3. The molecule has 1 aromatic rings. The van der Waals surface area contributed by atoms with Crippen LogP contribution in [0, 0.1) is 11.3 Å². The van der Waals surface area contributed by atoms with Gasteiger partial charge < -0.3 is 4.74 Å². The third-order valence-corrected chi connectivity index (χ3v) is 1.93. The molecule has 0 aromatic heterocycles. The second-order valence-corrected chi connectivity index (χ2v) is 4.25. The van der Waals surface area contributed by atoms with Gasteiger partial charge in [-0.1, -0.05) is 81.5 Å². The summed E-state index contributed by atoms with van der Waals surface area (Å²) in [5.41, 5.74) is 2.17. The Kier molecular flexibility index (Phi) is 21.4. The number of hydrogen-bond acceptors (Lipinski definition) is 3. The first-order valence-corrected chi connectivity index (χ1v) is 7.00. The maximum atomic E-state index is 10.2. The molecule has 24 heavy (non-hydrogen) atoms. The largest absolute Gasteiger partial charge is 0.466 e. The van der Waals surface area contributed by atoms with Gasteiger partial charge in [0.15, 0.2) is 0 Å². The van der Waals surface area contributed by atoms with Gasteiger partial charge in [-0.05, 0) is 19.4 Å². The third-order valence-electron chi connectivity index (χ3n) is 1.93. The standard InChI is InChI=1S/C8H8.C5H8O2.C4H5N.C4H6/c1-2-8-6-4-3-5-7-8;1-4(2)5(6)7-3;1-4(2)3-5;1-3-4-2/h2-7H,1H2;1H2,2-3H3;1H2,2H3;3-4H,1-2H2. The summed E-state index contributed by atoms with van der Waals surface area (Å²) in [6.45, 7) is 20.3. The molecule has 0 unspecified atom stereocenters. The van der Waals surface area contributed by atoms with Crippen LogP contribution < -0.4 is 0 Å². The van der Waals surface area contributed by atoms with Crippen molar-refractivity contribution in [2.75, 3.05) is 7.11 Å². The Morgan fingerprint density at radius 3 is 1.62 bits per heavy atom. The van der Waals surface area contributed by atoms with E-state index in [0.717, 1.165) is 0 Å². The molecule has 0 bridgehead atoms. The third kappa shape index (κ3) is 23.9. The Labute approximate surface area is 146 Å². The molecule has 0 aliphatic carbocycles. The molecule has 128 valence electrons. The average molecular weight is 325 g/mol. The lowest BCUT2D eigenvalue weighted by Gasteiger charge is -1.91. The Balaban J connectivity index is -0.000000255. The molecule has 0 amide bonds. The summed E-state index contributed by atoms with van der Waals surface area (Å²) < 4.78 is 4.27. The fourth-order valence-corrected chi connectivity index (χ4v) is 0.763. The summed E-state index contributed by atoms with van der Waals surface area (Å²) in [6.07, 6.45) is 5.11. The molecule has 0 spiro atoms.